The van der Waals surface area contributed by atoms with E-state index in [1.165, 1.54) is 36.8 Å². The molecular formula is C34H42F3N5O5S. The summed E-state index contributed by atoms with van der Waals surface area (Å²) in [5.41, 5.74) is 1.99. The SMILES string of the molecule is CCC(=O)NS(=O)(=O)c1ccc(NCC#Cc2cc3c(NC4CCC(C)(N5CCOCC5)CC4)cccc3n2CC(F)(F)F)c(OC)c1. The molecule has 1 aromatic heterocycles. The summed E-state index contributed by atoms with van der Waals surface area (Å²) in [6, 6.07) is 11.3. The Morgan fingerprint density at radius 1 is 1.10 bits per heavy atom. The second kappa shape index (κ2) is 14.7. The first-order valence-corrected chi connectivity index (χ1v) is 17.5. The summed E-state index contributed by atoms with van der Waals surface area (Å²) in [6.45, 7) is 6.09. The molecule has 260 valence electrons. The molecule has 3 aromatic rings. The van der Waals surface area contributed by atoms with E-state index < -0.39 is 28.7 Å². The summed E-state index contributed by atoms with van der Waals surface area (Å²) in [5.74, 6) is 5.34. The molecule has 10 nitrogen and oxygen atoms in total. The molecule has 2 heterocycles. The van der Waals surface area contributed by atoms with Gasteiger partial charge in [0.05, 0.1) is 48.7 Å². The van der Waals surface area contributed by atoms with E-state index in [9.17, 15) is 26.4 Å². The largest absolute Gasteiger partial charge is 0.495 e. The van der Waals surface area contributed by atoms with Crippen LogP contribution in [-0.4, -0.2) is 81.5 Å². The third kappa shape index (κ3) is 8.37. The number of amides is 1. The number of carbonyl (C=O) groups excluding carboxylic acids is 1. The normalized spacial score (nSPS) is 20.5. The maximum Gasteiger partial charge on any atom is 0.406 e. The molecule has 0 atom stereocenters. The molecule has 1 saturated heterocycles. The van der Waals surface area contributed by atoms with E-state index in [1.54, 1.807) is 18.2 Å². The highest BCUT2D eigenvalue weighted by Gasteiger charge is 2.37. The summed E-state index contributed by atoms with van der Waals surface area (Å²) in [6.07, 6.45) is -0.491. The molecule has 48 heavy (non-hydrogen) atoms. The van der Waals surface area contributed by atoms with Gasteiger partial charge in [-0.2, -0.15) is 13.2 Å². The number of nitrogens with zero attached hydrogens (tertiary/aromatic N) is 2. The van der Waals surface area contributed by atoms with Gasteiger partial charge in [0.1, 0.15) is 12.3 Å². The van der Waals surface area contributed by atoms with Gasteiger partial charge in [-0.1, -0.05) is 18.9 Å². The summed E-state index contributed by atoms with van der Waals surface area (Å²) >= 11 is 0. The number of rotatable bonds is 10. The predicted octanol–water partition coefficient (Wildman–Crippen LogP) is 5.34. The lowest BCUT2D eigenvalue weighted by atomic mass is 9.79. The first kappa shape index (κ1) is 35.4. The monoisotopic (exact) mass is 689 g/mol. The average molecular weight is 690 g/mol. The quantitative estimate of drug-likeness (QED) is 0.245. The van der Waals surface area contributed by atoms with Crippen molar-refractivity contribution in [3.8, 4) is 17.6 Å². The third-order valence-corrected chi connectivity index (χ3v) is 10.5. The number of hydrogen-bond acceptors (Lipinski definition) is 8. The van der Waals surface area contributed by atoms with Crippen molar-refractivity contribution >= 4 is 38.2 Å². The smallest absolute Gasteiger partial charge is 0.406 e. The number of halogens is 3. The van der Waals surface area contributed by atoms with Crippen LogP contribution < -0.4 is 20.1 Å². The number of methoxy groups -OCH3 is 1. The van der Waals surface area contributed by atoms with Crippen molar-refractivity contribution in [1.82, 2.24) is 14.2 Å². The van der Waals surface area contributed by atoms with Gasteiger partial charge in [0.2, 0.25) is 5.91 Å². The molecule has 1 aliphatic heterocycles. The van der Waals surface area contributed by atoms with E-state index in [0.717, 1.165) is 57.7 Å². The van der Waals surface area contributed by atoms with E-state index in [-0.39, 0.29) is 40.9 Å². The van der Waals surface area contributed by atoms with Crippen molar-refractivity contribution in [1.29, 1.82) is 0 Å². The van der Waals surface area contributed by atoms with Crippen molar-refractivity contribution in [2.24, 2.45) is 0 Å². The molecule has 0 radical (unpaired) electrons. The fraction of sp³-hybridized carbons (Fsp3) is 0.500. The lowest BCUT2D eigenvalue weighted by Gasteiger charge is -2.47. The van der Waals surface area contributed by atoms with Crippen LogP contribution in [0, 0.1) is 11.8 Å². The summed E-state index contributed by atoms with van der Waals surface area (Å²) < 4.78 is 80.2. The van der Waals surface area contributed by atoms with Crippen molar-refractivity contribution in [3.63, 3.8) is 0 Å². The maximum absolute atomic E-state index is 13.7. The predicted molar refractivity (Wildman–Crippen MR) is 179 cm³/mol. The van der Waals surface area contributed by atoms with Crippen LogP contribution >= 0.6 is 0 Å². The third-order valence-electron chi connectivity index (χ3n) is 9.12. The van der Waals surface area contributed by atoms with Crippen LogP contribution in [-0.2, 0) is 26.1 Å². The Bertz CT molecular complexity index is 1780. The van der Waals surface area contributed by atoms with E-state index in [1.807, 2.05) is 10.8 Å². The summed E-state index contributed by atoms with van der Waals surface area (Å²) in [4.78, 5) is 14.0. The summed E-state index contributed by atoms with van der Waals surface area (Å²) in [7, 11) is -2.71. The van der Waals surface area contributed by atoms with E-state index in [4.69, 9.17) is 9.47 Å². The zero-order valence-corrected chi connectivity index (χ0v) is 28.2. The lowest BCUT2D eigenvalue weighted by Crippen LogP contribution is -2.54. The molecule has 1 saturated carbocycles. The summed E-state index contributed by atoms with van der Waals surface area (Å²) in [5, 5.41) is 7.32. The number of benzene rings is 2. The average Bonchev–Trinajstić information content (AvgIpc) is 3.40. The van der Waals surface area contributed by atoms with Gasteiger partial charge in [-0.05, 0) is 68.9 Å². The highest BCUT2D eigenvalue weighted by Crippen LogP contribution is 2.37. The molecule has 1 amide bonds. The lowest BCUT2D eigenvalue weighted by molar-refractivity contribution is -0.140. The second-order valence-electron chi connectivity index (χ2n) is 12.4. The van der Waals surface area contributed by atoms with E-state index in [0.29, 0.717) is 16.6 Å². The molecule has 2 fully saturated rings. The van der Waals surface area contributed by atoms with Gasteiger partial charge in [-0.15, -0.1) is 0 Å². The molecule has 0 bridgehead atoms. The molecule has 2 aromatic carbocycles. The van der Waals surface area contributed by atoms with Crippen molar-refractivity contribution in [2.45, 2.75) is 75.1 Å². The van der Waals surface area contributed by atoms with Crippen LogP contribution in [0.15, 0.2) is 47.4 Å². The molecule has 1 aliphatic carbocycles. The van der Waals surface area contributed by atoms with Crippen LogP contribution in [0.2, 0.25) is 0 Å². The van der Waals surface area contributed by atoms with Gasteiger partial charge < -0.3 is 24.7 Å². The van der Waals surface area contributed by atoms with Crippen molar-refractivity contribution in [2.75, 3.05) is 50.6 Å². The number of sulfonamides is 1. The van der Waals surface area contributed by atoms with Crippen LogP contribution in [0.4, 0.5) is 24.5 Å². The number of ether oxygens (including phenoxy) is 2. The van der Waals surface area contributed by atoms with Gasteiger partial charge >= 0.3 is 6.18 Å². The Hall–Kier alpha value is -3.93. The van der Waals surface area contributed by atoms with Gasteiger partial charge in [0.15, 0.2) is 0 Å². The second-order valence-corrected chi connectivity index (χ2v) is 14.1. The minimum absolute atomic E-state index is 0.00416. The zero-order chi connectivity index (χ0) is 34.5. The van der Waals surface area contributed by atoms with Crippen LogP contribution in [0.3, 0.4) is 0 Å². The minimum Gasteiger partial charge on any atom is -0.495 e. The molecule has 5 rings (SSSR count). The minimum atomic E-state index is -4.45. The van der Waals surface area contributed by atoms with Gasteiger partial charge in [-0.3, -0.25) is 9.69 Å². The first-order valence-electron chi connectivity index (χ1n) is 16.1. The van der Waals surface area contributed by atoms with Gasteiger partial charge in [0.25, 0.3) is 10.0 Å². The standard InChI is InChI=1S/C34H42F3N5O5S/c1-4-32(43)40-48(44,45)26-10-11-29(31(22-26)46-3)38-16-6-7-25-21-27-28(8-5-9-30(27)42(25)23-34(35,36)37)39-24-12-14-33(2,15-13-24)41-17-19-47-20-18-41/h5,8-11,21-22,24,38-39H,4,12-20,23H2,1-3H3,(H,40,43). The maximum atomic E-state index is 13.7. The zero-order valence-electron chi connectivity index (χ0n) is 27.4. The number of hydrogen-bond donors (Lipinski definition) is 3. The number of morpholine rings is 1. The number of alkyl halides is 3. The Kier molecular flexibility index (Phi) is 10.8. The number of aromatic nitrogens is 1. The Balaban J connectivity index is 1.32. The Labute approximate surface area is 279 Å². The van der Waals surface area contributed by atoms with Gasteiger partial charge in [-0.25, -0.2) is 13.1 Å². The van der Waals surface area contributed by atoms with Crippen LogP contribution in [0.1, 0.15) is 51.6 Å². The van der Waals surface area contributed by atoms with Crippen LogP contribution in [0.5, 0.6) is 5.75 Å². The number of nitrogens with one attached hydrogen (secondary N) is 3. The molecular weight excluding hydrogens is 647 g/mol. The highest BCUT2D eigenvalue weighted by atomic mass is 32.2. The van der Waals surface area contributed by atoms with Crippen molar-refractivity contribution < 1.29 is 35.9 Å². The van der Waals surface area contributed by atoms with Gasteiger partial charge in [0, 0.05) is 48.2 Å². The molecule has 14 heteroatoms. The molecule has 0 unspecified atom stereocenters. The number of fused-ring (bicyclic) bond motifs is 1. The fourth-order valence-electron chi connectivity index (χ4n) is 6.43. The molecule has 3 N–H and O–H groups in total. The number of anilines is 2. The first-order chi connectivity index (χ1) is 22.8. The Morgan fingerprint density at radius 2 is 1.83 bits per heavy atom. The number of carbonyl (C=O) groups is 1. The Morgan fingerprint density at radius 3 is 2.50 bits per heavy atom. The topological polar surface area (TPSA) is 114 Å². The fourth-order valence-corrected chi connectivity index (χ4v) is 7.50. The van der Waals surface area contributed by atoms with E-state index >= 15 is 0 Å². The van der Waals surface area contributed by atoms with Crippen molar-refractivity contribution in [3.05, 3.63) is 48.2 Å². The highest BCUT2D eigenvalue weighted by molar-refractivity contribution is 7.90. The van der Waals surface area contributed by atoms with Crippen LogP contribution in [0.25, 0.3) is 10.9 Å². The van der Waals surface area contributed by atoms with E-state index in [2.05, 4.69) is 34.3 Å². The molecule has 0 spiro atoms. The molecule has 2 aliphatic rings.